The molecule has 10 atom stereocenters. The van der Waals surface area contributed by atoms with Crippen LogP contribution in [0.5, 0.6) is 0 Å². The molecule has 0 saturated heterocycles. The van der Waals surface area contributed by atoms with E-state index >= 15 is 0 Å². The van der Waals surface area contributed by atoms with Gasteiger partial charge in [-0.25, -0.2) is 4.99 Å². The Morgan fingerprint density at radius 2 is 1.69 bits per heavy atom. The van der Waals surface area contributed by atoms with Crippen molar-refractivity contribution in [2.45, 2.75) is 117 Å². The summed E-state index contributed by atoms with van der Waals surface area (Å²) in [6, 6.07) is 0. The second kappa shape index (κ2) is 7.97. The van der Waals surface area contributed by atoms with Gasteiger partial charge in [-0.15, -0.1) is 0 Å². The van der Waals surface area contributed by atoms with Gasteiger partial charge >= 0.3 is 0 Å². The van der Waals surface area contributed by atoms with Crippen molar-refractivity contribution in [2.75, 3.05) is 6.61 Å². The monoisotopic (exact) mass is 445 g/mol. The molecule has 1 unspecified atom stereocenters. The molecule has 0 spiro atoms. The maximum atomic E-state index is 11.4. The van der Waals surface area contributed by atoms with Crippen LogP contribution in [0.2, 0.25) is 0 Å². The lowest BCUT2D eigenvalue weighted by molar-refractivity contribution is -0.174. The van der Waals surface area contributed by atoms with Crippen LogP contribution < -0.4 is 0 Å². The maximum absolute atomic E-state index is 11.4. The maximum Gasteiger partial charge on any atom is 0.183 e. The first-order chi connectivity index (χ1) is 15.0. The van der Waals surface area contributed by atoms with Gasteiger partial charge in [0.05, 0.1) is 17.7 Å². The topological polar surface area (TPSA) is 62.0 Å². The van der Waals surface area contributed by atoms with Crippen LogP contribution in [0.4, 0.5) is 0 Å². The van der Waals surface area contributed by atoms with E-state index in [4.69, 9.17) is 9.73 Å². The number of rotatable bonds is 4. The third kappa shape index (κ3) is 3.67. The summed E-state index contributed by atoms with van der Waals surface area (Å²) < 4.78 is 5.87. The number of ether oxygens (including phenoxy) is 1. The molecule has 4 nitrogen and oxygen atoms in total. The molecular formula is C28H47NO3. The smallest absolute Gasteiger partial charge is 0.183 e. The van der Waals surface area contributed by atoms with E-state index in [0.717, 1.165) is 56.9 Å². The van der Waals surface area contributed by atoms with E-state index in [2.05, 4.69) is 34.6 Å². The molecule has 4 heteroatoms. The number of aliphatic imine (C=N–C) groups is 1. The van der Waals surface area contributed by atoms with Crippen molar-refractivity contribution in [3.63, 3.8) is 0 Å². The molecule has 1 aliphatic heterocycles. The van der Waals surface area contributed by atoms with Crippen molar-refractivity contribution in [1.29, 1.82) is 0 Å². The second-order valence-corrected chi connectivity index (χ2v) is 13.6. The molecular weight excluding hydrogens is 398 g/mol. The van der Waals surface area contributed by atoms with Crippen molar-refractivity contribution < 1.29 is 14.9 Å². The molecule has 4 aliphatic carbocycles. The zero-order chi connectivity index (χ0) is 22.9. The van der Waals surface area contributed by atoms with Crippen LogP contribution in [-0.2, 0) is 4.74 Å². The number of nitrogens with zero attached hydrogens (tertiary/aromatic N) is 1. The minimum atomic E-state index is -0.175. The average Bonchev–Trinajstić information content (AvgIpc) is 3.26. The highest BCUT2D eigenvalue weighted by molar-refractivity contribution is 5.78. The molecule has 0 aromatic heterocycles. The molecule has 0 bridgehead atoms. The van der Waals surface area contributed by atoms with Gasteiger partial charge in [0.2, 0.25) is 0 Å². The lowest BCUT2D eigenvalue weighted by atomic mass is 9.43. The number of hydrogen-bond acceptors (Lipinski definition) is 4. The summed E-state index contributed by atoms with van der Waals surface area (Å²) in [6.45, 7) is 12.6. The summed E-state index contributed by atoms with van der Waals surface area (Å²) in [5, 5.41) is 21.7. The summed E-state index contributed by atoms with van der Waals surface area (Å²) in [5.41, 5.74) is 0.622. The van der Waals surface area contributed by atoms with Gasteiger partial charge in [0, 0.05) is 6.42 Å². The van der Waals surface area contributed by atoms with Crippen LogP contribution in [-0.4, -0.2) is 40.5 Å². The SMILES string of the molecule is C[C@H](CCC1=NC(C)(C)CO1)C1CC[C@H]2[C@@H]3[C@@H](O)C[C@@H]4C[C@H](O)CC[C@]4(C)[C@H]3CC[C@]12C. The summed E-state index contributed by atoms with van der Waals surface area (Å²) in [6.07, 6.45) is 10.9. The van der Waals surface area contributed by atoms with E-state index in [1.165, 1.54) is 25.7 Å². The van der Waals surface area contributed by atoms with E-state index in [9.17, 15) is 10.2 Å². The van der Waals surface area contributed by atoms with Crippen LogP contribution in [0.3, 0.4) is 0 Å². The van der Waals surface area contributed by atoms with Gasteiger partial charge in [0.25, 0.3) is 0 Å². The number of aliphatic hydroxyl groups is 2. The summed E-state index contributed by atoms with van der Waals surface area (Å²) >= 11 is 0. The van der Waals surface area contributed by atoms with Crippen molar-refractivity contribution in [3.05, 3.63) is 0 Å². The molecule has 5 rings (SSSR count). The molecule has 0 aromatic carbocycles. The second-order valence-electron chi connectivity index (χ2n) is 13.6. The van der Waals surface area contributed by atoms with Gasteiger partial charge in [0.1, 0.15) is 6.61 Å². The molecule has 182 valence electrons. The fourth-order valence-electron chi connectivity index (χ4n) is 9.52. The first kappa shape index (κ1) is 23.1. The van der Waals surface area contributed by atoms with Gasteiger partial charge < -0.3 is 14.9 Å². The first-order valence-corrected chi connectivity index (χ1v) is 13.6. The highest BCUT2D eigenvalue weighted by atomic mass is 16.5. The summed E-state index contributed by atoms with van der Waals surface area (Å²) in [7, 11) is 0. The van der Waals surface area contributed by atoms with E-state index in [1.54, 1.807) is 0 Å². The van der Waals surface area contributed by atoms with Gasteiger partial charge in [0.15, 0.2) is 5.90 Å². The Labute approximate surface area is 195 Å². The van der Waals surface area contributed by atoms with Crippen molar-refractivity contribution in [1.82, 2.24) is 0 Å². The average molecular weight is 446 g/mol. The normalized spacial score (nSPS) is 50.6. The Bertz CT molecular complexity index is 749. The van der Waals surface area contributed by atoms with Crippen molar-refractivity contribution >= 4 is 5.90 Å². The highest BCUT2D eigenvalue weighted by Crippen LogP contribution is 2.68. The van der Waals surface area contributed by atoms with Crippen molar-refractivity contribution in [3.8, 4) is 0 Å². The molecule has 32 heavy (non-hydrogen) atoms. The Kier molecular flexibility index (Phi) is 5.76. The third-order valence-electron chi connectivity index (χ3n) is 11.2. The Morgan fingerprint density at radius 3 is 2.41 bits per heavy atom. The fourth-order valence-corrected chi connectivity index (χ4v) is 9.52. The zero-order valence-corrected chi connectivity index (χ0v) is 21.1. The zero-order valence-electron chi connectivity index (χ0n) is 21.1. The van der Waals surface area contributed by atoms with Crippen molar-refractivity contribution in [2.24, 2.45) is 51.3 Å². The number of fused-ring (bicyclic) bond motifs is 5. The van der Waals surface area contributed by atoms with E-state index in [0.29, 0.717) is 40.4 Å². The van der Waals surface area contributed by atoms with E-state index in [-0.39, 0.29) is 17.7 Å². The largest absolute Gasteiger partial charge is 0.478 e. The van der Waals surface area contributed by atoms with Crippen LogP contribution in [0.25, 0.3) is 0 Å². The molecule has 4 fully saturated rings. The summed E-state index contributed by atoms with van der Waals surface area (Å²) in [4.78, 5) is 4.78. The van der Waals surface area contributed by atoms with E-state index in [1.807, 2.05) is 0 Å². The van der Waals surface area contributed by atoms with E-state index < -0.39 is 0 Å². The molecule has 2 N–H and O–H groups in total. The van der Waals surface area contributed by atoms with Crippen LogP contribution >= 0.6 is 0 Å². The minimum Gasteiger partial charge on any atom is -0.478 e. The fraction of sp³-hybridized carbons (Fsp3) is 0.964. The molecule has 1 heterocycles. The summed E-state index contributed by atoms with van der Waals surface area (Å²) in [5.74, 6) is 4.64. The van der Waals surface area contributed by atoms with Crippen LogP contribution in [0, 0.1) is 46.3 Å². The number of hydrogen-bond donors (Lipinski definition) is 2. The quantitative estimate of drug-likeness (QED) is 0.592. The lowest BCUT2D eigenvalue weighted by Crippen LogP contribution is -2.58. The first-order valence-electron chi connectivity index (χ1n) is 13.6. The standard InChI is InChI=1S/C28H47NO3/c1-17(6-9-24-29-26(2,3)16-32-24)20-7-8-21-25-22(11-13-28(20,21)5)27(4)12-10-19(30)14-18(27)15-23(25)31/h17-23,25,30-31H,6-16H2,1-5H3/t17-,18+,19-,20?,21+,22+,23+,25+,27+,28-/m1/s1. The predicted octanol–water partition coefficient (Wildman–Crippen LogP) is 5.60. The van der Waals surface area contributed by atoms with Gasteiger partial charge in [-0.3, -0.25) is 0 Å². The lowest BCUT2D eigenvalue weighted by Gasteiger charge is -2.62. The molecule has 0 amide bonds. The van der Waals surface area contributed by atoms with Gasteiger partial charge in [-0.05, 0) is 118 Å². The minimum absolute atomic E-state index is 0.0539. The molecule has 0 radical (unpaired) electrons. The molecule has 5 aliphatic rings. The molecule has 4 saturated carbocycles. The Balaban J connectivity index is 1.30. The predicted molar refractivity (Wildman–Crippen MR) is 128 cm³/mol. The van der Waals surface area contributed by atoms with Crippen LogP contribution in [0.1, 0.15) is 98.8 Å². The molecule has 0 aromatic rings. The van der Waals surface area contributed by atoms with Crippen LogP contribution in [0.15, 0.2) is 4.99 Å². The third-order valence-corrected chi connectivity index (χ3v) is 11.2. The Hall–Kier alpha value is -0.610. The number of aliphatic hydroxyl groups excluding tert-OH is 2. The Morgan fingerprint density at radius 1 is 0.969 bits per heavy atom. The van der Waals surface area contributed by atoms with Gasteiger partial charge in [-0.2, -0.15) is 0 Å². The highest BCUT2D eigenvalue weighted by Gasteiger charge is 2.62. The van der Waals surface area contributed by atoms with Gasteiger partial charge in [-0.1, -0.05) is 20.8 Å².